The molecule has 0 bridgehead atoms. The summed E-state index contributed by atoms with van der Waals surface area (Å²) in [4.78, 5) is 4.97. The molecule has 38 heavy (non-hydrogen) atoms. The summed E-state index contributed by atoms with van der Waals surface area (Å²) in [5, 5.41) is 12.4. The molecular weight excluding hydrogens is 468 g/mol. The van der Waals surface area contributed by atoms with E-state index in [0.717, 1.165) is 44.6 Å². The highest BCUT2D eigenvalue weighted by Crippen LogP contribution is 2.43. The summed E-state index contributed by atoms with van der Waals surface area (Å²) in [6.45, 7) is -0.154. The predicted octanol–water partition coefficient (Wildman–Crippen LogP) is 7.04. The highest BCUT2D eigenvalue weighted by Gasteiger charge is 2.40. The Morgan fingerprint density at radius 2 is 1.21 bits per heavy atom. The van der Waals surface area contributed by atoms with Crippen molar-refractivity contribution in [3.8, 4) is 17.1 Å². The third-order valence-corrected chi connectivity index (χ3v) is 7.16. The minimum Gasteiger partial charge on any atom is -0.497 e. The summed E-state index contributed by atoms with van der Waals surface area (Å²) in [6, 6.07) is 43.9. The molecule has 6 aromatic rings. The van der Waals surface area contributed by atoms with E-state index in [1.54, 1.807) is 7.11 Å². The molecule has 1 heterocycles. The Kier molecular flexibility index (Phi) is 6.24. The first-order chi connectivity index (χ1) is 18.7. The summed E-state index contributed by atoms with van der Waals surface area (Å²) in [7, 11) is 1.68. The van der Waals surface area contributed by atoms with Gasteiger partial charge in [-0.25, -0.2) is 4.98 Å². The highest BCUT2D eigenvalue weighted by atomic mass is 16.5. The van der Waals surface area contributed by atoms with Gasteiger partial charge < -0.3 is 14.4 Å². The molecular formula is C34H28N2O2. The van der Waals surface area contributed by atoms with Crippen LogP contribution in [0.5, 0.6) is 5.75 Å². The first-order valence-electron chi connectivity index (χ1n) is 12.7. The van der Waals surface area contributed by atoms with Crippen LogP contribution in [0.15, 0.2) is 134 Å². The number of fused-ring (bicyclic) bond motifs is 1. The van der Waals surface area contributed by atoms with Crippen LogP contribution in [-0.2, 0) is 12.1 Å². The van der Waals surface area contributed by atoms with Crippen molar-refractivity contribution in [3.63, 3.8) is 0 Å². The Balaban J connectivity index is 1.69. The molecule has 0 aliphatic rings. The van der Waals surface area contributed by atoms with E-state index in [2.05, 4.69) is 102 Å². The van der Waals surface area contributed by atoms with Crippen LogP contribution in [0.25, 0.3) is 22.2 Å². The van der Waals surface area contributed by atoms with Gasteiger partial charge in [-0.2, -0.15) is 0 Å². The molecule has 0 spiro atoms. The lowest BCUT2D eigenvalue weighted by atomic mass is 9.76. The van der Waals surface area contributed by atoms with Gasteiger partial charge in [0.25, 0.3) is 0 Å². The summed E-state index contributed by atoms with van der Waals surface area (Å²) in [5.74, 6) is 1.61. The number of hydrogen-bond acceptors (Lipinski definition) is 3. The number of methoxy groups -OCH3 is 1. The number of aromatic nitrogens is 2. The van der Waals surface area contributed by atoms with Gasteiger partial charge >= 0.3 is 0 Å². The zero-order valence-corrected chi connectivity index (χ0v) is 21.2. The molecule has 0 aliphatic heterocycles. The molecule has 1 N–H and O–H groups in total. The fraction of sp³-hybridized carbons (Fsp3) is 0.0882. The van der Waals surface area contributed by atoms with Crippen LogP contribution in [0.1, 0.15) is 22.4 Å². The second-order valence-corrected chi connectivity index (χ2v) is 9.32. The Morgan fingerprint density at radius 3 is 1.74 bits per heavy atom. The Morgan fingerprint density at radius 1 is 0.684 bits per heavy atom. The maximum absolute atomic E-state index is 10.2. The van der Waals surface area contributed by atoms with E-state index >= 15 is 0 Å². The van der Waals surface area contributed by atoms with Crippen LogP contribution in [0, 0.1) is 0 Å². The molecule has 0 fully saturated rings. The smallest absolute Gasteiger partial charge is 0.141 e. The van der Waals surface area contributed by atoms with E-state index in [9.17, 15) is 5.11 Å². The van der Waals surface area contributed by atoms with Crippen LogP contribution in [0.2, 0.25) is 0 Å². The number of hydrogen-bond donors (Lipinski definition) is 1. The molecule has 5 aromatic carbocycles. The lowest BCUT2D eigenvalue weighted by molar-refractivity contribution is 0.277. The molecule has 0 saturated carbocycles. The van der Waals surface area contributed by atoms with Crippen molar-refractivity contribution >= 4 is 10.8 Å². The summed E-state index contributed by atoms with van der Waals surface area (Å²) >= 11 is 0. The van der Waals surface area contributed by atoms with E-state index in [1.807, 2.05) is 36.5 Å². The number of nitrogens with zero attached hydrogens (tertiary/aromatic N) is 2. The topological polar surface area (TPSA) is 47.3 Å². The predicted molar refractivity (Wildman–Crippen MR) is 152 cm³/mol. The van der Waals surface area contributed by atoms with Crippen molar-refractivity contribution in [2.45, 2.75) is 12.1 Å². The second kappa shape index (κ2) is 10.0. The van der Waals surface area contributed by atoms with Crippen LogP contribution >= 0.6 is 0 Å². The summed E-state index contributed by atoms with van der Waals surface area (Å²) in [6.07, 6.45) is 1.99. The van der Waals surface area contributed by atoms with Crippen molar-refractivity contribution in [2.24, 2.45) is 0 Å². The minimum absolute atomic E-state index is 0.154. The third-order valence-electron chi connectivity index (χ3n) is 7.16. The van der Waals surface area contributed by atoms with Crippen molar-refractivity contribution in [2.75, 3.05) is 7.11 Å². The molecule has 1 aromatic heterocycles. The van der Waals surface area contributed by atoms with Crippen molar-refractivity contribution in [3.05, 3.63) is 156 Å². The highest BCUT2D eigenvalue weighted by molar-refractivity contribution is 5.87. The SMILES string of the molecule is COc1ccc2cc(-c3nc(CO)cn3C(c3ccccc3)(c3ccccc3)c3ccccc3)ccc2c1. The largest absolute Gasteiger partial charge is 0.497 e. The fourth-order valence-electron chi connectivity index (χ4n) is 5.41. The molecule has 4 nitrogen and oxygen atoms in total. The van der Waals surface area contributed by atoms with Crippen LogP contribution in [-0.4, -0.2) is 21.8 Å². The molecule has 4 heteroatoms. The van der Waals surface area contributed by atoms with Crippen molar-refractivity contribution < 1.29 is 9.84 Å². The van der Waals surface area contributed by atoms with Crippen LogP contribution < -0.4 is 4.74 Å². The Hall–Kier alpha value is -4.67. The van der Waals surface area contributed by atoms with Gasteiger partial charge in [0, 0.05) is 11.8 Å². The van der Waals surface area contributed by atoms with Gasteiger partial charge in [-0.15, -0.1) is 0 Å². The molecule has 0 aliphatic carbocycles. The van der Waals surface area contributed by atoms with Gasteiger partial charge in [0.05, 0.1) is 19.4 Å². The van der Waals surface area contributed by atoms with E-state index in [0.29, 0.717) is 5.69 Å². The van der Waals surface area contributed by atoms with Crippen LogP contribution in [0.3, 0.4) is 0 Å². The van der Waals surface area contributed by atoms with Gasteiger partial charge in [0.15, 0.2) is 0 Å². The monoisotopic (exact) mass is 496 g/mol. The molecule has 0 saturated heterocycles. The van der Waals surface area contributed by atoms with E-state index in [1.165, 1.54) is 0 Å². The first kappa shape index (κ1) is 23.7. The molecule has 0 unspecified atom stereocenters. The van der Waals surface area contributed by atoms with Gasteiger partial charge in [0.1, 0.15) is 17.1 Å². The molecule has 6 rings (SSSR count). The lowest BCUT2D eigenvalue weighted by Crippen LogP contribution is -2.37. The average molecular weight is 497 g/mol. The number of aliphatic hydroxyl groups excluding tert-OH is 1. The fourth-order valence-corrected chi connectivity index (χ4v) is 5.41. The van der Waals surface area contributed by atoms with Crippen molar-refractivity contribution in [1.82, 2.24) is 9.55 Å². The number of benzene rings is 5. The summed E-state index contributed by atoms with van der Waals surface area (Å²) < 4.78 is 7.65. The normalized spacial score (nSPS) is 11.5. The second-order valence-electron chi connectivity index (χ2n) is 9.32. The zero-order chi connectivity index (χ0) is 26.0. The lowest BCUT2D eigenvalue weighted by Gasteiger charge is -2.38. The number of aliphatic hydroxyl groups is 1. The van der Waals surface area contributed by atoms with Gasteiger partial charge in [-0.3, -0.25) is 0 Å². The van der Waals surface area contributed by atoms with Gasteiger partial charge in [-0.05, 0) is 45.7 Å². The van der Waals surface area contributed by atoms with E-state index < -0.39 is 5.54 Å². The number of imidazole rings is 1. The maximum Gasteiger partial charge on any atom is 0.141 e. The quantitative estimate of drug-likeness (QED) is 0.241. The van der Waals surface area contributed by atoms with Crippen LogP contribution in [0.4, 0.5) is 0 Å². The number of rotatable bonds is 7. The van der Waals surface area contributed by atoms with E-state index in [4.69, 9.17) is 9.72 Å². The van der Waals surface area contributed by atoms with Gasteiger partial charge in [-0.1, -0.05) is 109 Å². The van der Waals surface area contributed by atoms with Crippen molar-refractivity contribution in [1.29, 1.82) is 0 Å². The molecule has 0 radical (unpaired) electrons. The standard InChI is InChI=1S/C34H28N2O2/c1-38-32-20-19-25-21-27(18-17-26(25)22-32)33-35-31(24-37)23-36(33)34(28-11-5-2-6-12-28,29-13-7-3-8-14-29)30-15-9-4-10-16-30/h2-23,37H,24H2,1H3. The maximum atomic E-state index is 10.2. The molecule has 0 atom stereocenters. The number of ether oxygens (including phenoxy) is 1. The Labute approximate surface area is 222 Å². The molecule has 186 valence electrons. The Bertz CT molecular complexity index is 1580. The van der Waals surface area contributed by atoms with Gasteiger partial charge in [0.2, 0.25) is 0 Å². The average Bonchev–Trinajstić information content (AvgIpc) is 3.43. The molecule has 0 amide bonds. The minimum atomic E-state index is -0.728. The first-order valence-corrected chi connectivity index (χ1v) is 12.7. The van der Waals surface area contributed by atoms with E-state index in [-0.39, 0.29) is 6.61 Å². The zero-order valence-electron chi connectivity index (χ0n) is 21.2. The third kappa shape index (κ3) is 3.96. The summed E-state index contributed by atoms with van der Waals surface area (Å²) in [5.41, 5.74) is 4.16.